The number of anilines is 1. The fourth-order valence-corrected chi connectivity index (χ4v) is 3.54. The van der Waals surface area contributed by atoms with Gasteiger partial charge in [0.15, 0.2) is 0 Å². The molecule has 0 fully saturated rings. The number of benzene rings is 2. The zero-order valence-electron chi connectivity index (χ0n) is 15.9. The van der Waals surface area contributed by atoms with E-state index in [4.69, 9.17) is 0 Å². The molecular formula is C22H22N4O2. The number of amides is 2. The number of imidazole rings is 1. The maximum Gasteiger partial charge on any atom is 0.251 e. The molecule has 0 spiro atoms. The second kappa shape index (κ2) is 7.31. The topological polar surface area (TPSA) is 78.1 Å². The number of rotatable bonds is 4. The Labute approximate surface area is 163 Å². The van der Waals surface area contributed by atoms with Gasteiger partial charge < -0.3 is 15.2 Å². The van der Waals surface area contributed by atoms with Crippen LogP contribution in [0.5, 0.6) is 0 Å². The first-order valence-corrected chi connectivity index (χ1v) is 9.35. The van der Waals surface area contributed by atoms with Crippen LogP contribution in [0, 0.1) is 0 Å². The van der Waals surface area contributed by atoms with Crippen molar-refractivity contribution in [3.63, 3.8) is 0 Å². The van der Waals surface area contributed by atoms with Gasteiger partial charge in [0.2, 0.25) is 5.91 Å². The minimum absolute atomic E-state index is 0.0246. The average Bonchev–Trinajstić information content (AvgIpc) is 3.35. The summed E-state index contributed by atoms with van der Waals surface area (Å²) in [4.78, 5) is 33.8. The number of nitrogens with zero attached hydrogens (tertiary/aromatic N) is 2. The van der Waals surface area contributed by atoms with Gasteiger partial charge in [0.25, 0.3) is 5.91 Å². The summed E-state index contributed by atoms with van der Waals surface area (Å²) in [5, 5.41) is 2.99. The van der Waals surface area contributed by atoms with Crippen molar-refractivity contribution in [2.24, 2.45) is 0 Å². The Bertz CT molecular complexity index is 1030. The second-order valence-corrected chi connectivity index (χ2v) is 7.01. The van der Waals surface area contributed by atoms with Crippen molar-refractivity contribution in [1.82, 2.24) is 15.3 Å². The van der Waals surface area contributed by atoms with E-state index in [-0.39, 0.29) is 17.9 Å². The van der Waals surface area contributed by atoms with Gasteiger partial charge in [-0.15, -0.1) is 0 Å². The number of hydrogen-bond donors (Lipinski definition) is 2. The summed E-state index contributed by atoms with van der Waals surface area (Å²) in [5.74, 6) is 0.571. The monoisotopic (exact) mass is 374 g/mol. The maximum absolute atomic E-state index is 12.7. The van der Waals surface area contributed by atoms with Gasteiger partial charge in [0.1, 0.15) is 5.82 Å². The molecule has 1 atom stereocenters. The summed E-state index contributed by atoms with van der Waals surface area (Å²) >= 11 is 0. The highest BCUT2D eigenvalue weighted by Gasteiger charge is 2.23. The lowest BCUT2D eigenvalue weighted by Gasteiger charge is -2.15. The van der Waals surface area contributed by atoms with Crippen LogP contribution in [-0.2, 0) is 11.2 Å². The number of hydrogen-bond acceptors (Lipinski definition) is 3. The molecule has 0 bridgehead atoms. The molecule has 28 heavy (non-hydrogen) atoms. The third kappa shape index (κ3) is 3.41. The van der Waals surface area contributed by atoms with Crippen LogP contribution in [0.25, 0.3) is 11.3 Å². The van der Waals surface area contributed by atoms with Crippen LogP contribution < -0.4 is 10.2 Å². The first kappa shape index (κ1) is 18.0. The predicted molar refractivity (Wildman–Crippen MR) is 108 cm³/mol. The first-order valence-electron chi connectivity index (χ1n) is 9.35. The largest absolute Gasteiger partial charge is 0.342 e. The molecule has 1 aliphatic rings. The molecule has 4 rings (SSSR count). The van der Waals surface area contributed by atoms with Gasteiger partial charge in [-0.3, -0.25) is 9.59 Å². The van der Waals surface area contributed by atoms with Crippen molar-refractivity contribution in [2.75, 3.05) is 11.4 Å². The third-order valence-electron chi connectivity index (χ3n) is 5.06. The molecule has 2 heterocycles. The van der Waals surface area contributed by atoms with E-state index < -0.39 is 0 Å². The number of carbonyl (C=O) groups is 2. The lowest BCUT2D eigenvalue weighted by molar-refractivity contribution is -0.116. The Morgan fingerprint density at radius 3 is 2.71 bits per heavy atom. The van der Waals surface area contributed by atoms with E-state index in [1.165, 1.54) is 0 Å². The van der Waals surface area contributed by atoms with E-state index in [1.807, 2.05) is 49.4 Å². The van der Waals surface area contributed by atoms with Crippen molar-refractivity contribution in [3.05, 3.63) is 71.7 Å². The summed E-state index contributed by atoms with van der Waals surface area (Å²) in [6.07, 6.45) is 2.54. The standard InChI is InChI=1S/C22H22N4O2/c1-14(21-23-13-19(25-21)16-6-4-3-5-7-16)24-22(28)18-8-9-20-17(12-18)10-11-26(20)15(2)27/h3-9,12-14H,10-11H2,1-2H3,(H,23,25)(H,24,28). The molecule has 2 amide bonds. The van der Waals surface area contributed by atoms with E-state index in [2.05, 4.69) is 15.3 Å². The van der Waals surface area contributed by atoms with Crippen molar-refractivity contribution < 1.29 is 9.59 Å². The Morgan fingerprint density at radius 1 is 1.18 bits per heavy atom. The van der Waals surface area contributed by atoms with Crippen molar-refractivity contribution in [1.29, 1.82) is 0 Å². The summed E-state index contributed by atoms with van der Waals surface area (Å²) in [5.41, 5.74) is 4.48. The van der Waals surface area contributed by atoms with Crippen molar-refractivity contribution in [3.8, 4) is 11.3 Å². The second-order valence-electron chi connectivity index (χ2n) is 7.01. The third-order valence-corrected chi connectivity index (χ3v) is 5.06. The number of aromatic amines is 1. The normalized spacial score (nSPS) is 13.9. The SMILES string of the molecule is CC(=O)N1CCc2cc(C(=O)NC(C)c3ncc(-c4ccccc4)[nH]3)ccc21. The number of H-pyrrole nitrogens is 1. The smallest absolute Gasteiger partial charge is 0.251 e. The molecule has 1 aromatic heterocycles. The maximum atomic E-state index is 12.7. The summed E-state index contributed by atoms with van der Waals surface area (Å²) < 4.78 is 0. The molecule has 0 radical (unpaired) electrons. The number of carbonyl (C=O) groups excluding carboxylic acids is 2. The predicted octanol–water partition coefficient (Wildman–Crippen LogP) is 3.48. The van der Waals surface area contributed by atoms with Crippen LogP contribution in [0.3, 0.4) is 0 Å². The molecule has 2 N–H and O–H groups in total. The summed E-state index contributed by atoms with van der Waals surface area (Å²) in [6, 6.07) is 15.2. The van der Waals surface area contributed by atoms with Crippen molar-refractivity contribution >= 4 is 17.5 Å². The van der Waals surface area contributed by atoms with Gasteiger partial charge >= 0.3 is 0 Å². The molecule has 2 aromatic carbocycles. The quantitative estimate of drug-likeness (QED) is 0.734. The van der Waals surface area contributed by atoms with Crippen LogP contribution in [0.4, 0.5) is 5.69 Å². The average molecular weight is 374 g/mol. The molecule has 0 saturated heterocycles. The molecular weight excluding hydrogens is 352 g/mol. The van der Waals surface area contributed by atoms with Crippen LogP contribution in [0.1, 0.15) is 41.6 Å². The van der Waals surface area contributed by atoms with Crippen LogP contribution in [-0.4, -0.2) is 28.3 Å². The molecule has 0 saturated carbocycles. The molecule has 6 heteroatoms. The Kier molecular flexibility index (Phi) is 4.69. The molecule has 1 unspecified atom stereocenters. The molecule has 6 nitrogen and oxygen atoms in total. The van der Waals surface area contributed by atoms with Gasteiger partial charge in [0, 0.05) is 24.7 Å². The van der Waals surface area contributed by atoms with Gasteiger partial charge in [-0.05, 0) is 42.7 Å². The molecule has 142 valence electrons. The Morgan fingerprint density at radius 2 is 1.96 bits per heavy atom. The van der Waals surface area contributed by atoms with Gasteiger partial charge in [-0.25, -0.2) is 4.98 Å². The summed E-state index contributed by atoms with van der Waals surface area (Å²) in [7, 11) is 0. The first-order chi connectivity index (χ1) is 13.5. The highest BCUT2D eigenvalue weighted by atomic mass is 16.2. The van der Waals surface area contributed by atoms with Gasteiger partial charge in [-0.2, -0.15) is 0 Å². The zero-order valence-corrected chi connectivity index (χ0v) is 15.9. The lowest BCUT2D eigenvalue weighted by atomic mass is 10.1. The summed E-state index contributed by atoms with van der Waals surface area (Å²) in [6.45, 7) is 4.13. The lowest BCUT2D eigenvalue weighted by Crippen LogP contribution is -2.27. The van der Waals surface area contributed by atoms with Crippen LogP contribution in [0.2, 0.25) is 0 Å². The zero-order chi connectivity index (χ0) is 19.7. The van der Waals surface area contributed by atoms with E-state index in [9.17, 15) is 9.59 Å². The highest BCUT2D eigenvalue weighted by molar-refractivity contribution is 5.98. The van der Waals surface area contributed by atoms with Crippen molar-refractivity contribution in [2.45, 2.75) is 26.3 Å². The van der Waals surface area contributed by atoms with E-state index in [0.717, 1.165) is 28.9 Å². The highest BCUT2D eigenvalue weighted by Crippen LogP contribution is 2.29. The van der Waals surface area contributed by atoms with Gasteiger partial charge in [0.05, 0.1) is 17.9 Å². The minimum atomic E-state index is -0.257. The van der Waals surface area contributed by atoms with E-state index in [0.29, 0.717) is 17.9 Å². The molecule has 0 aliphatic carbocycles. The van der Waals surface area contributed by atoms with E-state index >= 15 is 0 Å². The van der Waals surface area contributed by atoms with E-state index in [1.54, 1.807) is 24.1 Å². The Balaban J connectivity index is 1.47. The van der Waals surface area contributed by atoms with Crippen LogP contribution in [0.15, 0.2) is 54.7 Å². The fourth-order valence-electron chi connectivity index (χ4n) is 3.54. The Hall–Kier alpha value is -3.41. The molecule has 1 aliphatic heterocycles. The minimum Gasteiger partial charge on any atom is -0.342 e. The number of aromatic nitrogens is 2. The number of nitrogens with one attached hydrogen (secondary N) is 2. The van der Waals surface area contributed by atoms with Gasteiger partial charge in [-0.1, -0.05) is 30.3 Å². The van der Waals surface area contributed by atoms with Crippen LogP contribution >= 0.6 is 0 Å². The number of fused-ring (bicyclic) bond motifs is 1. The fraction of sp³-hybridized carbons (Fsp3) is 0.227. The molecule has 3 aromatic rings.